The van der Waals surface area contributed by atoms with Gasteiger partial charge in [0.1, 0.15) is 6.04 Å². The Morgan fingerprint density at radius 3 is 2.59 bits per heavy atom. The number of hydrogen-bond donors (Lipinski definition) is 1. The van der Waals surface area contributed by atoms with Crippen molar-refractivity contribution in [2.45, 2.75) is 6.04 Å². The molecule has 2 aromatic carbocycles. The molecule has 3 aromatic rings. The van der Waals surface area contributed by atoms with Gasteiger partial charge in [0.2, 0.25) is 0 Å². The van der Waals surface area contributed by atoms with Crippen LogP contribution < -0.4 is 5.32 Å². The van der Waals surface area contributed by atoms with E-state index in [0.29, 0.717) is 5.56 Å². The summed E-state index contributed by atoms with van der Waals surface area (Å²) in [5.74, 6) is 0.0552. The first-order valence-corrected chi connectivity index (χ1v) is 7.25. The normalized spacial score (nSPS) is 16.5. The van der Waals surface area contributed by atoms with E-state index in [1.807, 2.05) is 72.8 Å². The Balaban J connectivity index is 1.72. The van der Waals surface area contributed by atoms with Crippen LogP contribution in [-0.2, 0) is 0 Å². The lowest BCUT2D eigenvalue weighted by molar-refractivity contribution is 0.0983. The van der Waals surface area contributed by atoms with Gasteiger partial charge in [-0.25, -0.2) is 4.98 Å². The number of nitrogens with zero attached hydrogens (tertiary/aromatic N) is 1. The molecule has 1 atom stereocenters. The summed E-state index contributed by atoms with van der Waals surface area (Å²) in [5, 5.41) is 4.24. The zero-order valence-electron chi connectivity index (χ0n) is 11.9. The number of fused-ring (bicyclic) bond motifs is 2. The van der Waals surface area contributed by atoms with Crippen molar-refractivity contribution in [3.05, 3.63) is 78.0 Å². The minimum absolute atomic E-state index is 0.0552. The third-order valence-electron chi connectivity index (χ3n) is 3.84. The number of benzene rings is 2. The minimum Gasteiger partial charge on any atom is -0.372 e. The summed E-state index contributed by atoms with van der Waals surface area (Å²) >= 11 is 0. The van der Waals surface area contributed by atoms with Crippen molar-refractivity contribution in [3.63, 3.8) is 0 Å². The Morgan fingerprint density at radius 2 is 1.73 bits per heavy atom. The molecule has 1 heterocycles. The van der Waals surface area contributed by atoms with Crippen molar-refractivity contribution in [2.24, 2.45) is 0 Å². The molecule has 3 heteroatoms. The topological polar surface area (TPSA) is 42.0 Å². The van der Waals surface area contributed by atoms with Crippen LogP contribution in [0.4, 0.5) is 5.69 Å². The Kier molecular flexibility index (Phi) is 2.97. The maximum atomic E-state index is 12.7. The highest BCUT2D eigenvalue weighted by Gasteiger charge is 2.24. The summed E-state index contributed by atoms with van der Waals surface area (Å²) < 4.78 is 0. The van der Waals surface area contributed by atoms with Gasteiger partial charge in [-0.2, -0.15) is 0 Å². The fourth-order valence-corrected chi connectivity index (χ4v) is 2.73. The molecule has 0 fully saturated rings. The second kappa shape index (κ2) is 5.11. The van der Waals surface area contributed by atoms with E-state index in [-0.39, 0.29) is 11.8 Å². The van der Waals surface area contributed by atoms with Crippen molar-refractivity contribution < 1.29 is 4.79 Å². The Morgan fingerprint density at radius 1 is 0.955 bits per heavy atom. The van der Waals surface area contributed by atoms with E-state index in [2.05, 4.69) is 10.3 Å². The third-order valence-corrected chi connectivity index (χ3v) is 3.84. The van der Waals surface area contributed by atoms with Gasteiger partial charge in [-0.1, -0.05) is 42.5 Å². The van der Waals surface area contributed by atoms with Crippen LogP contribution in [0.5, 0.6) is 0 Å². The number of nitrogens with one attached hydrogen (secondary N) is 1. The molecule has 0 bridgehead atoms. The van der Waals surface area contributed by atoms with Gasteiger partial charge in [-0.15, -0.1) is 0 Å². The maximum absolute atomic E-state index is 12.7. The summed E-state index contributed by atoms with van der Waals surface area (Å²) in [6, 6.07) is 19.2. The molecule has 0 radical (unpaired) electrons. The fourth-order valence-electron chi connectivity index (χ4n) is 2.73. The fraction of sp³-hybridized carbons (Fsp3) is 0.0526. The van der Waals surface area contributed by atoms with Gasteiger partial charge in [0.05, 0.1) is 11.2 Å². The van der Waals surface area contributed by atoms with E-state index in [0.717, 1.165) is 22.3 Å². The van der Waals surface area contributed by atoms with Crippen LogP contribution in [0.1, 0.15) is 16.1 Å². The first kappa shape index (κ1) is 12.8. The van der Waals surface area contributed by atoms with Crippen molar-refractivity contribution in [2.75, 3.05) is 5.32 Å². The minimum atomic E-state index is -0.349. The molecule has 1 aliphatic carbocycles. The second-order valence-electron chi connectivity index (χ2n) is 5.33. The largest absolute Gasteiger partial charge is 0.372 e. The molecule has 1 N–H and O–H groups in total. The predicted molar refractivity (Wildman–Crippen MR) is 89.0 cm³/mol. The van der Waals surface area contributed by atoms with Crippen molar-refractivity contribution in [1.82, 2.24) is 4.98 Å². The number of pyridine rings is 1. The number of carbonyl (C=O) groups excluding carboxylic acids is 1. The summed E-state index contributed by atoms with van der Waals surface area (Å²) in [4.78, 5) is 17.3. The van der Waals surface area contributed by atoms with E-state index in [4.69, 9.17) is 0 Å². The monoisotopic (exact) mass is 286 g/mol. The standard InChI is InChI=1S/C19H14N2O/c22-19-15-12-13-6-4-5-9-16(13)21-17(15)10-11-18(19)20-14-7-2-1-3-8-14/h1-12,18,20H. The third kappa shape index (κ3) is 2.17. The average Bonchev–Trinajstić information content (AvgIpc) is 2.57. The molecule has 0 amide bonds. The van der Waals surface area contributed by atoms with Crippen LogP contribution in [0.3, 0.4) is 0 Å². The number of ketones is 1. The van der Waals surface area contributed by atoms with Gasteiger partial charge in [-0.05, 0) is 30.3 Å². The number of Topliss-reactive ketones (excluding diaryl/α,β-unsaturated/α-hetero) is 1. The van der Waals surface area contributed by atoms with Gasteiger partial charge in [-0.3, -0.25) is 4.79 Å². The average molecular weight is 286 g/mol. The molecule has 0 spiro atoms. The Bertz CT molecular complexity index is 884. The summed E-state index contributed by atoms with van der Waals surface area (Å²) in [7, 11) is 0. The Labute approximate surface area is 128 Å². The zero-order valence-corrected chi connectivity index (χ0v) is 11.9. The van der Waals surface area contributed by atoms with Crippen LogP contribution in [0.15, 0.2) is 66.7 Å². The molecule has 0 aliphatic heterocycles. The number of hydrogen-bond acceptors (Lipinski definition) is 3. The highest BCUT2D eigenvalue weighted by atomic mass is 16.1. The molecular formula is C19H14N2O. The molecule has 4 rings (SSSR count). The number of carbonyl (C=O) groups is 1. The quantitative estimate of drug-likeness (QED) is 0.776. The molecule has 106 valence electrons. The Hall–Kier alpha value is -2.94. The van der Waals surface area contributed by atoms with Gasteiger partial charge < -0.3 is 5.32 Å². The van der Waals surface area contributed by atoms with Crippen LogP contribution in [0.25, 0.3) is 17.0 Å². The SMILES string of the molecule is O=C1c2cc3ccccc3nc2C=CC1Nc1ccccc1. The van der Waals surface area contributed by atoms with Crippen LogP contribution in [-0.4, -0.2) is 16.8 Å². The predicted octanol–water partition coefficient (Wildman–Crippen LogP) is 3.93. The van der Waals surface area contributed by atoms with E-state index in [1.165, 1.54) is 0 Å². The molecule has 1 aliphatic rings. The van der Waals surface area contributed by atoms with Crippen molar-refractivity contribution in [3.8, 4) is 0 Å². The molecule has 1 unspecified atom stereocenters. The summed E-state index contributed by atoms with van der Waals surface area (Å²) in [5.41, 5.74) is 3.26. The van der Waals surface area contributed by atoms with Gasteiger partial charge in [0.15, 0.2) is 5.78 Å². The summed E-state index contributed by atoms with van der Waals surface area (Å²) in [6.45, 7) is 0. The lowest BCUT2D eigenvalue weighted by Gasteiger charge is -2.20. The first-order chi connectivity index (χ1) is 10.8. The number of para-hydroxylation sites is 2. The van der Waals surface area contributed by atoms with E-state index in [1.54, 1.807) is 0 Å². The van der Waals surface area contributed by atoms with E-state index < -0.39 is 0 Å². The van der Waals surface area contributed by atoms with Crippen LogP contribution in [0.2, 0.25) is 0 Å². The highest BCUT2D eigenvalue weighted by molar-refractivity contribution is 6.09. The van der Waals surface area contributed by atoms with E-state index >= 15 is 0 Å². The highest BCUT2D eigenvalue weighted by Crippen LogP contribution is 2.24. The second-order valence-corrected chi connectivity index (χ2v) is 5.33. The molecule has 0 saturated heterocycles. The molecule has 0 saturated carbocycles. The van der Waals surface area contributed by atoms with Crippen LogP contribution in [0, 0.1) is 0 Å². The zero-order chi connectivity index (χ0) is 14.9. The molecule has 22 heavy (non-hydrogen) atoms. The van der Waals surface area contributed by atoms with Crippen molar-refractivity contribution >= 4 is 28.4 Å². The first-order valence-electron chi connectivity index (χ1n) is 7.25. The molecule has 1 aromatic heterocycles. The smallest absolute Gasteiger partial charge is 0.191 e. The maximum Gasteiger partial charge on any atom is 0.191 e. The van der Waals surface area contributed by atoms with Crippen molar-refractivity contribution in [1.29, 1.82) is 0 Å². The molecular weight excluding hydrogens is 272 g/mol. The lowest BCUT2D eigenvalue weighted by Crippen LogP contribution is -2.30. The molecule has 3 nitrogen and oxygen atoms in total. The lowest BCUT2D eigenvalue weighted by atomic mass is 9.95. The van der Waals surface area contributed by atoms with Gasteiger partial charge in [0, 0.05) is 16.6 Å². The van der Waals surface area contributed by atoms with Gasteiger partial charge in [0.25, 0.3) is 0 Å². The number of anilines is 1. The summed E-state index contributed by atoms with van der Waals surface area (Å²) in [6.07, 6.45) is 3.79. The van der Waals surface area contributed by atoms with E-state index in [9.17, 15) is 4.79 Å². The number of aromatic nitrogens is 1. The van der Waals surface area contributed by atoms with Crippen LogP contribution >= 0.6 is 0 Å². The number of rotatable bonds is 2. The van der Waals surface area contributed by atoms with Gasteiger partial charge >= 0.3 is 0 Å².